The van der Waals surface area contributed by atoms with E-state index in [-0.39, 0.29) is 17.4 Å². The van der Waals surface area contributed by atoms with Crippen molar-refractivity contribution in [2.24, 2.45) is 11.3 Å². The molecule has 1 aliphatic rings. The van der Waals surface area contributed by atoms with Crippen LogP contribution < -0.4 is 0 Å². The number of rotatable bonds is 5. The molecule has 2 atom stereocenters. The third-order valence-electron chi connectivity index (χ3n) is 5.28. The SMILES string of the molecule is CCOC(=O)[C@]1(CO[Si](C)(C)C(C)(C)C)CC[C@@H](C)CC1=O. The van der Waals surface area contributed by atoms with Gasteiger partial charge < -0.3 is 9.16 Å². The molecule has 1 aliphatic carbocycles. The minimum atomic E-state index is -2.01. The quantitative estimate of drug-likeness (QED) is 0.436. The summed E-state index contributed by atoms with van der Waals surface area (Å²) in [6.45, 7) is 15.0. The fraction of sp³-hybridized carbons (Fsp3) is 0.882. The molecule has 0 aromatic carbocycles. The number of carbonyl (C=O) groups is 2. The van der Waals surface area contributed by atoms with E-state index in [4.69, 9.17) is 9.16 Å². The summed E-state index contributed by atoms with van der Waals surface area (Å²) < 4.78 is 11.4. The Hall–Kier alpha value is -0.683. The van der Waals surface area contributed by atoms with Crippen molar-refractivity contribution in [3.63, 3.8) is 0 Å². The molecule has 0 spiro atoms. The Morgan fingerprint density at radius 3 is 2.41 bits per heavy atom. The summed E-state index contributed by atoms with van der Waals surface area (Å²) >= 11 is 0. The fourth-order valence-electron chi connectivity index (χ4n) is 2.46. The van der Waals surface area contributed by atoms with E-state index in [0.717, 1.165) is 6.42 Å². The van der Waals surface area contributed by atoms with Crippen molar-refractivity contribution in [3.05, 3.63) is 0 Å². The van der Waals surface area contributed by atoms with Crippen LogP contribution in [-0.4, -0.2) is 33.3 Å². The molecule has 4 nitrogen and oxygen atoms in total. The summed E-state index contributed by atoms with van der Waals surface area (Å²) in [4.78, 5) is 25.1. The third kappa shape index (κ3) is 3.99. The maximum absolute atomic E-state index is 12.6. The first-order valence-corrected chi connectivity index (χ1v) is 11.2. The van der Waals surface area contributed by atoms with Gasteiger partial charge >= 0.3 is 5.97 Å². The highest BCUT2D eigenvalue weighted by molar-refractivity contribution is 6.74. The van der Waals surface area contributed by atoms with Gasteiger partial charge in [-0.25, -0.2) is 0 Å². The summed E-state index contributed by atoms with van der Waals surface area (Å²) in [7, 11) is -2.01. The van der Waals surface area contributed by atoms with Gasteiger partial charge in [0.1, 0.15) is 5.41 Å². The second kappa shape index (κ2) is 6.83. The van der Waals surface area contributed by atoms with Crippen molar-refractivity contribution in [2.75, 3.05) is 13.2 Å². The summed E-state index contributed by atoms with van der Waals surface area (Å²) in [5.41, 5.74) is -1.09. The summed E-state index contributed by atoms with van der Waals surface area (Å²) in [5.74, 6) is -0.0723. The molecule has 1 rings (SSSR count). The zero-order valence-corrected chi connectivity index (χ0v) is 16.2. The lowest BCUT2D eigenvalue weighted by atomic mass is 9.70. The molecule has 1 saturated carbocycles. The number of hydrogen-bond donors (Lipinski definition) is 0. The maximum Gasteiger partial charge on any atom is 0.321 e. The van der Waals surface area contributed by atoms with E-state index >= 15 is 0 Å². The maximum atomic E-state index is 12.6. The van der Waals surface area contributed by atoms with Crippen LogP contribution in [0.25, 0.3) is 0 Å². The first-order chi connectivity index (χ1) is 9.96. The first kappa shape index (κ1) is 19.4. The van der Waals surface area contributed by atoms with Crippen molar-refractivity contribution in [1.29, 1.82) is 0 Å². The number of ether oxygens (including phenoxy) is 1. The van der Waals surface area contributed by atoms with Gasteiger partial charge in [0.15, 0.2) is 14.1 Å². The lowest BCUT2D eigenvalue weighted by Crippen LogP contribution is -2.52. The zero-order valence-electron chi connectivity index (χ0n) is 15.2. The van der Waals surface area contributed by atoms with Crippen LogP contribution in [0.2, 0.25) is 18.1 Å². The van der Waals surface area contributed by atoms with E-state index in [2.05, 4.69) is 40.8 Å². The van der Waals surface area contributed by atoms with Crippen LogP contribution in [0.3, 0.4) is 0 Å². The van der Waals surface area contributed by atoms with E-state index < -0.39 is 19.7 Å². The van der Waals surface area contributed by atoms with Crippen LogP contribution in [-0.2, 0) is 18.8 Å². The monoisotopic (exact) mass is 328 g/mol. The fourth-order valence-corrected chi connectivity index (χ4v) is 3.50. The van der Waals surface area contributed by atoms with Crippen molar-refractivity contribution < 1.29 is 18.8 Å². The molecule has 1 fully saturated rings. The Balaban J connectivity index is 2.98. The Labute approximate surface area is 136 Å². The normalized spacial score (nSPS) is 26.9. The van der Waals surface area contributed by atoms with Gasteiger partial charge in [0.05, 0.1) is 13.2 Å². The molecule has 0 radical (unpaired) electrons. The third-order valence-corrected chi connectivity index (χ3v) is 9.76. The van der Waals surface area contributed by atoms with Crippen molar-refractivity contribution >= 4 is 20.1 Å². The largest absolute Gasteiger partial charge is 0.465 e. The number of hydrogen-bond acceptors (Lipinski definition) is 4. The molecular weight excluding hydrogens is 296 g/mol. The second-order valence-corrected chi connectivity index (χ2v) is 12.9. The van der Waals surface area contributed by atoms with Crippen LogP contribution in [0.1, 0.15) is 53.9 Å². The summed E-state index contributed by atoms with van der Waals surface area (Å²) in [6, 6.07) is 0. The van der Waals surface area contributed by atoms with E-state index in [1.165, 1.54) is 0 Å². The van der Waals surface area contributed by atoms with Gasteiger partial charge in [0.2, 0.25) is 0 Å². The molecule has 0 N–H and O–H groups in total. The molecule has 0 aliphatic heterocycles. The predicted molar refractivity (Wildman–Crippen MR) is 90.2 cm³/mol. The van der Waals surface area contributed by atoms with Crippen LogP contribution in [0.5, 0.6) is 0 Å². The second-order valence-electron chi connectivity index (χ2n) is 8.12. The van der Waals surface area contributed by atoms with Crippen LogP contribution in [0, 0.1) is 11.3 Å². The Bertz CT molecular complexity index is 415. The average Bonchev–Trinajstić information content (AvgIpc) is 2.37. The predicted octanol–water partition coefficient (Wildman–Crippen LogP) is 3.95. The topological polar surface area (TPSA) is 52.6 Å². The van der Waals surface area contributed by atoms with Gasteiger partial charge in [-0.3, -0.25) is 9.59 Å². The Morgan fingerprint density at radius 2 is 1.95 bits per heavy atom. The highest BCUT2D eigenvalue weighted by Gasteiger charge is 2.51. The minimum Gasteiger partial charge on any atom is -0.465 e. The Kier molecular flexibility index (Phi) is 6.01. The molecule has 0 bridgehead atoms. The lowest BCUT2D eigenvalue weighted by molar-refractivity contribution is -0.165. The summed E-state index contributed by atoms with van der Waals surface area (Å²) in [5, 5.41) is 0.0495. The van der Waals surface area contributed by atoms with Crippen LogP contribution in [0.15, 0.2) is 0 Å². The van der Waals surface area contributed by atoms with E-state index in [1.54, 1.807) is 6.92 Å². The average molecular weight is 329 g/mol. The molecule has 0 aromatic rings. The van der Waals surface area contributed by atoms with Gasteiger partial charge in [-0.1, -0.05) is 27.7 Å². The van der Waals surface area contributed by atoms with Gasteiger partial charge in [0, 0.05) is 6.42 Å². The first-order valence-electron chi connectivity index (χ1n) is 8.31. The number of esters is 1. The van der Waals surface area contributed by atoms with E-state index in [1.807, 2.05) is 0 Å². The van der Waals surface area contributed by atoms with E-state index in [9.17, 15) is 9.59 Å². The smallest absolute Gasteiger partial charge is 0.321 e. The minimum absolute atomic E-state index is 0.0107. The zero-order chi connectivity index (χ0) is 17.2. The van der Waals surface area contributed by atoms with E-state index in [0.29, 0.717) is 25.4 Å². The standard InChI is InChI=1S/C17H32O4Si/c1-8-20-15(19)17(10-9-13(2)11-14(17)18)12-21-22(6,7)16(3,4)5/h13H,8-12H2,1-7H3/t13-,17+/m1/s1. The molecule has 0 amide bonds. The molecule has 0 unspecified atom stereocenters. The van der Waals surface area contributed by atoms with Crippen molar-refractivity contribution in [2.45, 2.75) is 72.0 Å². The van der Waals surface area contributed by atoms with Gasteiger partial charge in [0.25, 0.3) is 0 Å². The van der Waals surface area contributed by atoms with Gasteiger partial charge in [-0.05, 0) is 43.8 Å². The molecule has 0 heterocycles. The van der Waals surface area contributed by atoms with Crippen molar-refractivity contribution in [3.8, 4) is 0 Å². The molecule has 5 heteroatoms. The molecule has 22 heavy (non-hydrogen) atoms. The summed E-state index contributed by atoms with van der Waals surface area (Å²) in [6.07, 6.45) is 1.85. The van der Waals surface area contributed by atoms with Gasteiger partial charge in [-0.15, -0.1) is 0 Å². The highest BCUT2D eigenvalue weighted by Crippen LogP contribution is 2.41. The molecule has 128 valence electrons. The van der Waals surface area contributed by atoms with Crippen LogP contribution in [0.4, 0.5) is 0 Å². The molecule has 0 saturated heterocycles. The molecule has 0 aromatic heterocycles. The Morgan fingerprint density at radius 1 is 1.36 bits per heavy atom. The van der Waals surface area contributed by atoms with Crippen LogP contribution >= 0.6 is 0 Å². The molecular formula is C17H32O4Si. The van der Waals surface area contributed by atoms with Gasteiger partial charge in [-0.2, -0.15) is 0 Å². The number of carbonyl (C=O) groups excluding carboxylic acids is 2. The highest BCUT2D eigenvalue weighted by atomic mass is 28.4. The van der Waals surface area contributed by atoms with Crippen molar-refractivity contribution in [1.82, 2.24) is 0 Å². The number of ketones is 1. The lowest BCUT2D eigenvalue weighted by Gasteiger charge is -2.41. The number of Topliss-reactive ketones (excluding diaryl/α,β-unsaturated/α-hetero) is 1.